The Labute approximate surface area is 114 Å². The number of benzene rings is 2. The first-order chi connectivity index (χ1) is 9.22. The second-order valence-electron chi connectivity index (χ2n) is 4.49. The maximum Gasteiger partial charge on any atom is 0.130 e. The largest absolute Gasteiger partial charge is 0.457 e. The number of ether oxygens (including phenoxy) is 2. The average Bonchev–Trinajstić information content (AvgIpc) is 2.42. The minimum absolute atomic E-state index is 0.514. The highest BCUT2D eigenvalue weighted by molar-refractivity contribution is 5.40. The Bertz CT molecular complexity index is 552. The first-order valence-corrected chi connectivity index (χ1v) is 6.28. The maximum atomic E-state index is 5.93. The number of hydrogen-bond acceptors (Lipinski definition) is 3. The third-order valence-electron chi connectivity index (χ3n) is 2.93. The fourth-order valence-corrected chi connectivity index (χ4v) is 1.87. The summed E-state index contributed by atoms with van der Waals surface area (Å²) in [6.07, 6.45) is 0. The van der Waals surface area contributed by atoms with Gasteiger partial charge in [0.05, 0.1) is 6.61 Å². The standard InChI is InChI=1S/C16H19NO2/c1-12-6-7-13(10-17)9-16(12)19-15-5-3-4-14(8-15)11-18-2/h3-9H,10-11,17H2,1-2H3. The van der Waals surface area contributed by atoms with Crippen molar-refractivity contribution in [2.45, 2.75) is 20.1 Å². The summed E-state index contributed by atoms with van der Waals surface area (Å²) in [4.78, 5) is 0. The lowest BCUT2D eigenvalue weighted by Gasteiger charge is -2.11. The van der Waals surface area contributed by atoms with Gasteiger partial charge in [-0.2, -0.15) is 0 Å². The fourth-order valence-electron chi connectivity index (χ4n) is 1.87. The lowest BCUT2D eigenvalue weighted by atomic mass is 10.1. The van der Waals surface area contributed by atoms with Crippen LogP contribution in [0.4, 0.5) is 0 Å². The monoisotopic (exact) mass is 257 g/mol. The molecule has 0 aliphatic rings. The molecule has 19 heavy (non-hydrogen) atoms. The summed E-state index contributed by atoms with van der Waals surface area (Å²) in [5, 5.41) is 0. The Morgan fingerprint density at radius 3 is 2.63 bits per heavy atom. The highest BCUT2D eigenvalue weighted by atomic mass is 16.5. The molecule has 0 spiro atoms. The normalized spacial score (nSPS) is 10.5. The smallest absolute Gasteiger partial charge is 0.130 e. The van der Waals surface area contributed by atoms with Crippen molar-refractivity contribution in [3.63, 3.8) is 0 Å². The molecule has 0 atom stereocenters. The minimum atomic E-state index is 0.514. The van der Waals surface area contributed by atoms with E-state index in [1.165, 1.54) is 0 Å². The van der Waals surface area contributed by atoms with Crippen LogP contribution < -0.4 is 10.5 Å². The van der Waals surface area contributed by atoms with Crippen LogP contribution in [0.3, 0.4) is 0 Å². The maximum absolute atomic E-state index is 5.93. The summed E-state index contributed by atoms with van der Waals surface area (Å²) in [6.45, 7) is 3.12. The molecule has 0 aliphatic carbocycles. The summed E-state index contributed by atoms with van der Waals surface area (Å²) in [7, 11) is 1.68. The van der Waals surface area contributed by atoms with Crippen molar-refractivity contribution in [3.8, 4) is 11.5 Å². The molecule has 0 aliphatic heterocycles. The summed E-state index contributed by atoms with van der Waals surface area (Å²) >= 11 is 0. The van der Waals surface area contributed by atoms with E-state index in [9.17, 15) is 0 Å². The van der Waals surface area contributed by atoms with E-state index in [-0.39, 0.29) is 0 Å². The van der Waals surface area contributed by atoms with Crippen LogP contribution in [0.15, 0.2) is 42.5 Å². The highest BCUT2D eigenvalue weighted by Crippen LogP contribution is 2.26. The molecular formula is C16H19NO2. The van der Waals surface area contributed by atoms with Crippen molar-refractivity contribution in [3.05, 3.63) is 59.2 Å². The van der Waals surface area contributed by atoms with Crippen LogP contribution >= 0.6 is 0 Å². The van der Waals surface area contributed by atoms with Crippen LogP contribution in [-0.2, 0) is 17.9 Å². The Morgan fingerprint density at radius 2 is 1.89 bits per heavy atom. The van der Waals surface area contributed by atoms with E-state index in [0.29, 0.717) is 13.2 Å². The molecule has 0 heterocycles. The molecule has 0 saturated heterocycles. The third kappa shape index (κ3) is 3.56. The molecule has 0 radical (unpaired) electrons. The van der Waals surface area contributed by atoms with Crippen molar-refractivity contribution >= 4 is 0 Å². The number of nitrogens with two attached hydrogens (primary N) is 1. The van der Waals surface area contributed by atoms with Gasteiger partial charge in [-0.15, -0.1) is 0 Å². The van der Waals surface area contributed by atoms with Gasteiger partial charge in [-0.05, 0) is 41.8 Å². The number of methoxy groups -OCH3 is 1. The first-order valence-electron chi connectivity index (χ1n) is 6.28. The van der Waals surface area contributed by atoms with E-state index in [0.717, 1.165) is 28.2 Å². The van der Waals surface area contributed by atoms with E-state index in [4.69, 9.17) is 15.2 Å². The highest BCUT2D eigenvalue weighted by Gasteiger charge is 2.03. The molecular weight excluding hydrogens is 238 g/mol. The molecule has 0 aromatic heterocycles. The molecule has 100 valence electrons. The Balaban J connectivity index is 2.22. The predicted octanol–water partition coefficient (Wildman–Crippen LogP) is 3.39. The van der Waals surface area contributed by atoms with Crippen molar-refractivity contribution in [2.75, 3.05) is 7.11 Å². The SMILES string of the molecule is COCc1cccc(Oc2cc(CN)ccc2C)c1. The van der Waals surface area contributed by atoms with Crippen molar-refractivity contribution in [1.82, 2.24) is 0 Å². The zero-order valence-electron chi connectivity index (χ0n) is 11.3. The molecule has 3 nitrogen and oxygen atoms in total. The quantitative estimate of drug-likeness (QED) is 0.893. The lowest BCUT2D eigenvalue weighted by molar-refractivity contribution is 0.184. The van der Waals surface area contributed by atoms with E-state index in [1.54, 1.807) is 7.11 Å². The van der Waals surface area contributed by atoms with Gasteiger partial charge in [-0.1, -0.05) is 24.3 Å². The van der Waals surface area contributed by atoms with E-state index < -0.39 is 0 Å². The van der Waals surface area contributed by atoms with Gasteiger partial charge in [0, 0.05) is 13.7 Å². The van der Waals surface area contributed by atoms with Gasteiger partial charge >= 0.3 is 0 Å². The number of hydrogen-bond donors (Lipinski definition) is 1. The molecule has 0 amide bonds. The van der Waals surface area contributed by atoms with Gasteiger partial charge in [0.2, 0.25) is 0 Å². The molecule has 2 N–H and O–H groups in total. The van der Waals surface area contributed by atoms with Gasteiger partial charge in [0.15, 0.2) is 0 Å². The molecule has 0 bridgehead atoms. The summed E-state index contributed by atoms with van der Waals surface area (Å²) in [6, 6.07) is 13.9. The molecule has 0 saturated carbocycles. The van der Waals surface area contributed by atoms with Crippen molar-refractivity contribution in [2.24, 2.45) is 5.73 Å². The zero-order chi connectivity index (χ0) is 13.7. The zero-order valence-corrected chi connectivity index (χ0v) is 11.3. The Morgan fingerprint density at radius 1 is 1.05 bits per heavy atom. The van der Waals surface area contributed by atoms with E-state index >= 15 is 0 Å². The summed E-state index contributed by atoms with van der Waals surface area (Å²) < 4.78 is 11.0. The second-order valence-corrected chi connectivity index (χ2v) is 4.49. The molecule has 0 fully saturated rings. The topological polar surface area (TPSA) is 44.5 Å². The van der Waals surface area contributed by atoms with Gasteiger partial charge in [0.25, 0.3) is 0 Å². The van der Waals surface area contributed by atoms with Crippen LogP contribution in [0, 0.1) is 6.92 Å². The fraction of sp³-hybridized carbons (Fsp3) is 0.250. The van der Waals surface area contributed by atoms with Crippen LogP contribution in [0.5, 0.6) is 11.5 Å². The second kappa shape index (κ2) is 6.36. The van der Waals surface area contributed by atoms with Gasteiger partial charge < -0.3 is 15.2 Å². The van der Waals surface area contributed by atoms with Crippen LogP contribution in [0.1, 0.15) is 16.7 Å². The lowest BCUT2D eigenvalue weighted by Crippen LogP contribution is -1.97. The van der Waals surface area contributed by atoms with Gasteiger partial charge in [0.1, 0.15) is 11.5 Å². The van der Waals surface area contributed by atoms with E-state index in [2.05, 4.69) is 0 Å². The minimum Gasteiger partial charge on any atom is -0.457 e. The average molecular weight is 257 g/mol. The molecule has 0 unspecified atom stereocenters. The van der Waals surface area contributed by atoms with Crippen LogP contribution in [-0.4, -0.2) is 7.11 Å². The molecule has 3 heteroatoms. The number of rotatable bonds is 5. The summed E-state index contributed by atoms with van der Waals surface area (Å²) in [5.74, 6) is 1.66. The van der Waals surface area contributed by atoms with Crippen LogP contribution in [0.25, 0.3) is 0 Å². The molecule has 2 rings (SSSR count). The Hall–Kier alpha value is -1.84. The summed E-state index contributed by atoms with van der Waals surface area (Å²) in [5.41, 5.74) is 8.90. The van der Waals surface area contributed by atoms with Gasteiger partial charge in [-0.3, -0.25) is 0 Å². The van der Waals surface area contributed by atoms with Crippen molar-refractivity contribution < 1.29 is 9.47 Å². The predicted molar refractivity (Wildman–Crippen MR) is 76.3 cm³/mol. The van der Waals surface area contributed by atoms with E-state index in [1.807, 2.05) is 49.4 Å². The first kappa shape index (κ1) is 13.6. The van der Waals surface area contributed by atoms with Crippen LogP contribution in [0.2, 0.25) is 0 Å². The number of aryl methyl sites for hydroxylation is 1. The Kier molecular flexibility index (Phi) is 4.55. The van der Waals surface area contributed by atoms with Gasteiger partial charge in [-0.25, -0.2) is 0 Å². The third-order valence-corrected chi connectivity index (χ3v) is 2.93. The molecule has 2 aromatic carbocycles. The molecule has 2 aromatic rings. The van der Waals surface area contributed by atoms with Crippen molar-refractivity contribution in [1.29, 1.82) is 0 Å².